The molecule has 1 aliphatic rings. The normalized spacial score (nSPS) is 12.9. The molecule has 2 aromatic heterocycles. The van der Waals surface area contributed by atoms with Gasteiger partial charge in [0.1, 0.15) is 10.6 Å². The summed E-state index contributed by atoms with van der Waals surface area (Å²) in [5.74, 6) is 1.82. The molecule has 0 N–H and O–H groups in total. The van der Waals surface area contributed by atoms with Crippen LogP contribution in [0.5, 0.6) is 17.2 Å². The van der Waals surface area contributed by atoms with Gasteiger partial charge >= 0.3 is 0 Å². The van der Waals surface area contributed by atoms with E-state index in [1.54, 1.807) is 44.4 Å². The first-order chi connectivity index (χ1) is 17.5. The molecule has 0 aliphatic carbocycles. The highest BCUT2D eigenvalue weighted by molar-refractivity contribution is 7.18. The molecule has 0 radical (unpaired) electrons. The van der Waals surface area contributed by atoms with Gasteiger partial charge < -0.3 is 19.1 Å². The van der Waals surface area contributed by atoms with Crippen LogP contribution < -0.4 is 19.8 Å². The number of aromatic nitrogens is 2. The summed E-state index contributed by atoms with van der Waals surface area (Å²) in [6.45, 7) is 1.49. The van der Waals surface area contributed by atoms with E-state index < -0.39 is 0 Å². The fourth-order valence-corrected chi connectivity index (χ4v) is 5.82. The third kappa shape index (κ3) is 4.30. The third-order valence-corrected chi connectivity index (χ3v) is 7.67. The number of rotatable bonds is 7. The van der Waals surface area contributed by atoms with Crippen molar-refractivity contribution in [3.05, 3.63) is 80.7 Å². The Kier molecular flexibility index (Phi) is 6.65. The van der Waals surface area contributed by atoms with Crippen molar-refractivity contribution in [1.82, 2.24) is 14.5 Å². The first-order valence-electron chi connectivity index (χ1n) is 11.7. The molecule has 1 aliphatic heterocycles. The van der Waals surface area contributed by atoms with Crippen molar-refractivity contribution in [3.63, 3.8) is 0 Å². The van der Waals surface area contributed by atoms with Gasteiger partial charge in [0.05, 0.1) is 45.2 Å². The van der Waals surface area contributed by atoms with Crippen LogP contribution in [0.1, 0.15) is 26.4 Å². The molecule has 0 bridgehead atoms. The molecule has 186 valence electrons. The predicted molar refractivity (Wildman–Crippen MR) is 139 cm³/mol. The molecule has 9 heteroatoms. The molecular weight excluding hydrogens is 478 g/mol. The van der Waals surface area contributed by atoms with Gasteiger partial charge in [0.15, 0.2) is 11.5 Å². The standard InChI is InChI=1S/C27H27N3O5S/c1-33-20-7-5-4-6-18(20)26(31)29-13-11-19-23(15-29)36-25-24(19)27(32)30(16-28-25)12-10-17-8-9-21(34-2)22(14-17)35-3/h4-9,14,16H,10-13,15H2,1-3H3. The molecular formula is C27H27N3O5S. The van der Waals surface area contributed by atoms with E-state index in [2.05, 4.69) is 4.98 Å². The van der Waals surface area contributed by atoms with Gasteiger partial charge in [-0.2, -0.15) is 0 Å². The second-order valence-electron chi connectivity index (χ2n) is 8.54. The zero-order valence-electron chi connectivity index (χ0n) is 20.4. The summed E-state index contributed by atoms with van der Waals surface area (Å²) in [4.78, 5) is 34.7. The molecule has 0 spiro atoms. The Labute approximate surface area is 212 Å². The molecule has 0 unspecified atom stereocenters. The Morgan fingerprint density at radius 1 is 1.03 bits per heavy atom. The van der Waals surface area contributed by atoms with Crippen LogP contribution in [0.25, 0.3) is 10.2 Å². The van der Waals surface area contributed by atoms with Crippen LogP contribution in [0, 0.1) is 0 Å². The maximum Gasteiger partial charge on any atom is 0.262 e. The van der Waals surface area contributed by atoms with Gasteiger partial charge in [-0.05, 0) is 48.2 Å². The quantitative estimate of drug-likeness (QED) is 0.379. The molecule has 4 aromatic rings. The minimum Gasteiger partial charge on any atom is -0.496 e. The number of carbonyl (C=O) groups excluding carboxylic acids is 1. The number of hydrogen-bond donors (Lipinski definition) is 0. The van der Waals surface area contributed by atoms with Crippen LogP contribution >= 0.6 is 11.3 Å². The van der Waals surface area contributed by atoms with E-state index in [0.717, 1.165) is 20.8 Å². The van der Waals surface area contributed by atoms with E-state index in [1.165, 1.54) is 11.3 Å². The molecule has 0 fully saturated rings. The minimum atomic E-state index is -0.0733. The third-order valence-electron chi connectivity index (χ3n) is 6.54. The molecule has 1 amide bonds. The van der Waals surface area contributed by atoms with Crippen molar-refractivity contribution in [2.24, 2.45) is 0 Å². The highest BCUT2D eigenvalue weighted by atomic mass is 32.1. The molecule has 36 heavy (non-hydrogen) atoms. The van der Waals surface area contributed by atoms with Gasteiger partial charge in [-0.1, -0.05) is 18.2 Å². The Balaban J connectivity index is 1.38. The fourth-order valence-electron chi connectivity index (χ4n) is 4.63. The molecule has 2 aromatic carbocycles. The minimum absolute atomic E-state index is 0.0394. The molecule has 0 atom stereocenters. The number of carbonyl (C=O) groups is 1. The second-order valence-corrected chi connectivity index (χ2v) is 9.63. The Morgan fingerprint density at radius 3 is 2.58 bits per heavy atom. The molecule has 5 rings (SSSR count). The van der Waals surface area contributed by atoms with Crippen LogP contribution in [-0.4, -0.2) is 48.2 Å². The largest absolute Gasteiger partial charge is 0.496 e. The van der Waals surface area contributed by atoms with E-state index in [-0.39, 0.29) is 11.5 Å². The molecule has 0 saturated heterocycles. The van der Waals surface area contributed by atoms with E-state index >= 15 is 0 Å². The molecule has 8 nitrogen and oxygen atoms in total. The van der Waals surface area contributed by atoms with Crippen LogP contribution in [0.3, 0.4) is 0 Å². The maximum atomic E-state index is 13.4. The summed E-state index contributed by atoms with van der Waals surface area (Å²) in [6, 6.07) is 13.0. The van der Waals surface area contributed by atoms with Crippen LogP contribution in [-0.2, 0) is 25.9 Å². The number of nitrogens with zero attached hydrogens (tertiary/aromatic N) is 3. The number of amides is 1. The maximum absolute atomic E-state index is 13.4. The lowest BCUT2D eigenvalue weighted by molar-refractivity contribution is 0.0734. The zero-order chi connectivity index (χ0) is 25.2. The van der Waals surface area contributed by atoms with Gasteiger partial charge in [0, 0.05) is 18.0 Å². The Morgan fingerprint density at radius 2 is 1.81 bits per heavy atom. The summed E-state index contributed by atoms with van der Waals surface area (Å²) in [5.41, 5.74) is 2.55. The summed E-state index contributed by atoms with van der Waals surface area (Å²) in [5, 5.41) is 0.675. The monoisotopic (exact) mass is 505 g/mol. The number of benzene rings is 2. The lowest BCUT2D eigenvalue weighted by Gasteiger charge is -2.27. The number of ether oxygens (including phenoxy) is 3. The summed E-state index contributed by atoms with van der Waals surface area (Å²) >= 11 is 1.49. The molecule has 3 heterocycles. The van der Waals surface area contributed by atoms with Gasteiger partial charge in [-0.25, -0.2) is 4.98 Å². The second kappa shape index (κ2) is 10.0. The van der Waals surface area contributed by atoms with Gasteiger partial charge in [0.25, 0.3) is 11.5 Å². The van der Waals surface area contributed by atoms with Crippen LogP contribution in [0.4, 0.5) is 0 Å². The summed E-state index contributed by atoms with van der Waals surface area (Å²) < 4.78 is 17.7. The summed E-state index contributed by atoms with van der Waals surface area (Å²) in [7, 11) is 4.77. The number of fused-ring (bicyclic) bond motifs is 3. The lowest BCUT2D eigenvalue weighted by atomic mass is 10.0. The van der Waals surface area contributed by atoms with E-state index in [4.69, 9.17) is 14.2 Å². The topological polar surface area (TPSA) is 82.9 Å². The van der Waals surface area contributed by atoms with Crippen molar-refractivity contribution in [3.8, 4) is 17.2 Å². The average Bonchev–Trinajstić information content (AvgIpc) is 3.30. The van der Waals surface area contributed by atoms with Crippen LogP contribution in [0.15, 0.2) is 53.6 Å². The van der Waals surface area contributed by atoms with Gasteiger partial charge in [0.2, 0.25) is 0 Å². The summed E-state index contributed by atoms with van der Waals surface area (Å²) in [6.07, 6.45) is 2.89. The van der Waals surface area contributed by atoms with Crippen molar-refractivity contribution in [2.75, 3.05) is 27.9 Å². The Bertz CT molecular complexity index is 1490. The number of thiophene rings is 1. The first kappa shape index (κ1) is 23.9. The SMILES string of the molecule is COc1ccc(CCn2cnc3sc4c(c3c2=O)CCN(C(=O)c2ccccc2OC)C4)cc1OC. The van der Waals surface area contributed by atoms with Gasteiger partial charge in [-0.3, -0.25) is 14.2 Å². The van der Waals surface area contributed by atoms with Gasteiger partial charge in [-0.15, -0.1) is 11.3 Å². The predicted octanol–water partition coefficient (Wildman–Crippen LogP) is 3.93. The average molecular weight is 506 g/mol. The highest BCUT2D eigenvalue weighted by Crippen LogP contribution is 2.33. The molecule has 0 saturated carbocycles. The smallest absolute Gasteiger partial charge is 0.262 e. The van der Waals surface area contributed by atoms with Crippen molar-refractivity contribution >= 4 is 27.5 Å². The first-order valence-corrected chi connectivity index (χ1v) is 12.5. The van der Waals surface area contributed by atoms with Crippen molar-refractivity contribution < 1.29 is 19.0 Å². The number of para-hydroxylation sites is 1. The zero-order valence-corrected chi connectivity index (χ0v) is 21.3. The van der Waals surface area contributed by atoms with Crippen molar-refractivity contribution in [1.29, 1.82) is 0 Å². The number of hydrogen-bond acceptors (Lipinski definition) is 7. The number of aryl methyl sites for hydroxylation is 2. The van der Waals surface area contributed by atoms with Crippen molar-refractivity contribution in [2.45, 2.75) is 25.9 Å². The van der Waals surface area contributed by atoms with E-state index in [9.17, 15) is 9.59 Å². The van der Waals surface area contributed by atoms with E-state index in [1.807, 2.05) is 35.2 Å². The fraction of sp³-hybridized carbons (Fsp3) is 0.296. The highest BCUT2D eigenvalue weighted by Gasteiger charge is 2.28. The number of methoxy groups -OCH3 is 3. The van der Waals surface area contributed by atoms with Crippen LogP contribution in [0.2, 0.25) is 0 Å². The lowest BCUT2D eigenvalue weighted by Crippen LogP contribution is -2.35. The van der Waals surface area contributed by atoms with E-state index in [0.29, 0.717) is 60.7 Å². The Hall–Kier alpha value is -3.85.